The number of rotatable bonds is 3. The fourth-order valence-corrected chi connectivity index (χ4v) is 4.18. The molecule has 0 bridgehead atoms. The SMILES string of the molecule is Cc1nc2n3c(c(-c4ccn(C)c(=O)c4)cc-2c(=NC(C)c2cc(C(F)(F)F)ccn2)n1)NCC3. The molecular weight excluding hydrogens is 459 g/mol. The lowest BCUT2D eigenvalue weighted by Gasteiger charge is -2.18. The van der Waals surface area contributed by atoms with Gasteiger partial charge in [-0.2, -0.15) is 13.2 Å². The largest absolute Gasteiger partial charge is 0.416 e. The molecule has 35 heavy (non-hydrogen) atoms. The molecule has 1 unspecified atom stereocenters. The van der Waals surface area contributed by atoms with E-state index < -0.39 is 17.8 Å². The second-order valence-corrected chi connectivity index (χ2v) is 8.45. The van der Waals surface area contributed by atoms with E-state index in [0.29, 0.717) is 35.8 Å². The lowest BCUT2D eigenvalue weighted by molar-refractivity contribution is -0.137. The summed E-state index contributed by atoms with van der Waals surface area (Å²) in [7, 11) is 1.68. The number of aromatic nitrogens is 5. The number of pyridine rings is 3. The van der Waals surface area contributed by atoms with Gasteiger partial charge in [-0.05, 0) is 43.7 Å². The van der Waals surface area contributed by atoms with Crippen molar-refractivity contribution in [3.8, 4) is 22.5 Å². The van der Waals surface area contributed by atoms with Crippen LogP contribution in [0.4, 0.5) is 19.0 Å². The number of nitrogens with one attached hydrogen (secondary N) is 1. The van der Waals surface area contributed by atoms with Crippen molar-refractivity contribution < 1.29 is 13.2 Å². The Labute approximate surface area is 198 Å². The Bertz CT molecular complexity index is 1540. The fourth-order valence-electron chi connectivity index (χ4n) is 4.18. The minimum Gasteiger partial charge on any atom is -0.369 e. The van der Waals surface area contributed by atoms with Crippen LogP contribution in [0.5, 0.6) is 0 Å². The molecule has 0 aliphatic carbocycles. The van der Waals surface area contributed by atoms with E-state index in [1.54, 1.807) is 33.2 Å². The topological polar surface area (TPSA) is 90.0 Å². The molecule has 0 aromatic carbocycles. The Morgan fingerprint density at radius 1 is 1.14 bits per heavy atom. The number of aryl methyl sites for hydroxylation is 2. The average Bonchev–Trinajstić information content (AvgIpc) is 3.30. The van der Waals surface area contributed by atoms with Crippen LogP contribution in [0.1, 0.15) is 30.0 Å². The zero-order chi connectivity index (χ0) is 24.9. The number of anilines is 1. The van der Waals surface area contributed by atoms with Gasteiger partial charge >= 0.3 is 6.18 Å². The summed E-state index contributed by atoms with van der Waals surface area (Å²) < 4.78 is 43.1. The zero-order valence-electron chi connectivity index (χ0n) is 19.3. The summed E-state index contributed by atoms with van der Waals surface area (Å²) in [5.41, 5.74) is 1.78. The van der Waals surface area contributed by atoms with E-state index in [1.165, 1.54) is 4.57 Å². The van der Waals surface area contributed by atoms with Crippen LogP contribution >= 0.6 is 0 Å². The van der Waals surface area contributed by atoms with Crippen molar-refractivity contribution in [1.29, 1.82) is 0 Å². The van der Waals surface area contributed by atoms with Crippen molar-refractivity contribution in [2.75, 3.05) is 11.9 Å². The molecule has 0 saturated heterocycles. The summed E-state index contributed by atoms with van der Waals surface area (Å²) in [6.07, 6.45) is -1.64. The molecule has 1 atom stereocenters. The van der Waals surface area contributed by atoms with Crippen LogP contribution < -0.4 is 16.4 Å². The van der Waals surface area contributed by atoms with Crippen LogP contribution in [0.15, 0.2) is 52.5 Å². The average molecular weight is 481 g/mol. The van der Waals surface area contributed by atoms with Gasteiger partial charge in [-0.3, -0.25) is 14.8 Å². The van der Waals surface area contributed by atoms with E-state index in [-0.39, 0.29) is 11.3 Å². The lowest BCUT2D eigenvalue weighted by Crippen LogP contribution is -2.21. The van der Waals surface area contributed by atoms with Crippen LogP contribution in [0.2, 0.25) is 0 Å². The van der Waals surface area contributed by atoms with E-state index in [1.807, 2.05) is 16.7 Å². The third-order valence-corrected chi connectivity index (χ3v) is 5.98. The first-order valence-electron chi connectivity index (χ1n) is 11.0. The van der Waals surface area contributed by atoms with E-state index in [9.17, 15) is 18.0 Å². The standard InChI is InChI=1S/C24H22F3N7O/c1-13(19-11-16(4-6-28-19)24(25,26)27)30-21-18-12-17(15-5-8-33(3)20(35)10-15)22-29-7-9-34(22)23(18)32-14(2)31-21/h4-6,8,10-13,29H,7,9H2,1-3H3. The molecule has 0 radical (unpaired) electrons. The minimum absolute atomic E-state index is 0.145. The number of fused-ring (bicyclic) bond motifs is 3. The molecule has 0 spiro atoms. The molecule has 3 aliphatic rings. The van der Waals surface area contributed by atoms with E-state index in [0.717, 1.165) is 35.3 Å². The molecule has 2 aromatic rings. The summed E-state index contributed by atoms with van der Waals surface area (Å²) in [5.74, 6) is 1.99. The van der Waals surface area contributed by atoms with Crippen molar-refractivity contribution >= 4 is 5.82 Å². The number of halogens is 3. The van der Waals surface area contributed by atoms with Gasteiger partial charge in [0.15, 0.2) is 5.49 Å². The normalized spacial score (nSPS) is 14.7. The summed E-state index contributed by atoms with van der Waals surface area (Å²) in [6, 6.07) is 6.54. The van der Waals surface area contributed by atoms with Crippen molar-refractivity contribution in [2.45, 2.75) is 32.6 Å². The van der Waals surface area contributed by atoms with Crippen LogP contribution in [-0.2, 0) is 19.8 Å². The Morgan fingerprint density at radius 2 is 1.94 bits per heavy atom. The lowest BCUT2D eigenvalue weighted by atomic mass is 10.0. The predicted molar refractivity (Wildman–Crippen MR) is 124 cm³/mol. The minimum atomic E-state index is -4.47. The number of nitrogens with zero attached hydrogens (tertiary/aromatic N) is 6. The zero-order valence-corrected chi connectivity index (χ0v) is 19.3. The van der Waals surface area contributed by atoms with Gasteiger partial charge in [0.05, 0.1) is 22.9 Å². The van der Waals surface area contributed by atoms with E-state index in [2.05, 4.69) is 25.3 Å². The first kappa shape index (κ1) is 22.8. The van der Waals surface area contributed by atoms with Gasteiger partial charge in [0.2, 0.25) is 0 Å². The number of hydrogen-bond donors (Lipinski definition) is 1. The molecule has 8 nitrogen and oxygen atoms in total. The molecule has 0 amide bonds. The molecule has 5 heterocycles. The summed E-state index contributed by atoms with van der Waals surface area (Å²) in [6.45, 7) is 4.77. The maximum Gasteiger partial charge on any atom is 0.416 e. The Balaban J connectivity index is 1.71. The predicted octanol–water partition coefficient (Wildman–Crippen LogP) is 3.56. The highest BCUT2D eigenvalue weighted by molar-refractivity contribution is 5.82. The maximum absolute atomic E-state index is 13.2. The van der Waals surface area contributed by atoms with Crippen molar-refractivity contribution in [3.63, 3.8) is 0 Å². The van der Waals surface area contributed by atoms with Crippen LogP contribution in [0, 0.1) is 6.92 Å². The molecule has 180 valence electrons. The van der Waals surface area contributed by atoms with Gasteiger partial charge in [-0.1, -0.05) is 0 Å². The molecule has 3 aliphatic heterocycles. The van der Waals surface area contributed by atoms with Gasteiger partial charge in [-0.15, -0.1) is 0 Å². The van der Waals surface area contributed by atoms with Crippen LogP contribution in [-0.4, -0.2) is 30.6 Å². The molecule has 0 fully saturated rings. The molecule has 5 rings (SSSR count). The molecule has 11 heteroatoms. The first-order chi connectivity index (χ1) is 16.6. The highest BCUT2D eigenvalue weighted by Crippen LogP contribution is 2.36. The van der Waals surface area contributed by atoms with Crippen LogP contribution in [0.3, 0.4) is 0 Å². The number of alkyl halides is 3. The molecule has 2 aromatic heterocycles. The van der Waals surface area contributed by atoms with E-state index in [4.69, 9.17) is 0 Å². The van der Waals surface area contributed by atoms with E-state index >= 15 is 0 Å². The second-order valence-electron chi connectivity index (χ2n) is 8.45. The van der Waals surface area contributed by atoms with Gasteiger partial charge in [0, 0.05) is 44.2 Å². The summed E-state index contributed by atoms with van der Waals surface area (Å²) in [4.78, 5) is 30.2. The molecule has 0 saturated carbocycles. The monoisotopic (exact) mass is 481 g/mol. The highest BCUT2D eigenvalue weighted by atomic mass is 19.4. The maximum atomic E-state index is 13.2. The van der Waals surface area contributed by atoms with Gasteiger partial charge in [-0.25, -0.2) is 9.97 Å². The fraction of sp³-hybridized carbons (Fsp3) is 0.292. The molecular formula is C24H22F3N7O. The van der Waals surface area contributed by atoms with Crippen molar-refractivity contribution in [3.05, 3.63) is 75.6 Å². The Kier molecular flexibility index (Phi) is 5.42. The van der Waals surface area contributed by atoms with Crippen molar-refractivity contribution in [2.24, 2.45) is 12.0 Å². The third-order valence-electron chi connectivity index (χ3n) is 5.98. The summed E-state index contributed by atoms with van der Waals surface area (Å²) in [5, 5.41) is 3.37. The summed E-state index contributed by atoms with van der Waals surface area (Å²) >= 11 is 0. The second kappa shape index (κ2) is 8.33. The van der Waals surface area contributed by atoms with Gasteiger partial charge in [0.1, 0.15) is 17.5 Å². The van der Waals surface area contributed by atoms with Crippen molar-refractivity contribution in [1.82, 2.24) is 24.1 Å². The Hall–Kier alpha value is -4.02. The van der Waals surface area contributed by atoms with Crippen LogP contribution in [0.25, 0.3) is 22.5 Å². The van der Waals surface area contributed by atoms with Gasteiger partial charge in [0.25, 0.3) is 5.56 Å². The third kappa shape index (κ3) is 4.17. The first-order valence-corrected chi connectivity index (χ1v) is 11.0. The Morgan fingerprint density at radius 3 is 2.69 bits per heavy atom. The van der Waals surface area contributed by atoms with Gasteiger partial charge < -0.3 is 14.5 Å². The quantitative estimate of drug-likeness (QED) is 0.483. The molecule has 1 N–H and O–H groups in total. The number of hydrogen-bond acceptors (Lipinski definition) is 6. The smallest absolute Gasteiger partial charge is 0.369 e. The highest BCUT2D eigenvalue weighted by Gasteiger charge is 2.31.